The Hall–Kier alpha value is -3.84. The van der Waals surface area contributed by atoms with Crippen molar-refractivity contribution in [2.45, 2.75) is 13.5 Å². The molecule has 0 aliphatic rings. The van der Waals surface area contributed by atoms with Gasteiger partial charge in [-0.2, -0.15) is 5.10 Å². The number of hydrogen-bond donors (Lipinski definition) is 2. The fourth-order valence-corrected chi connectivity index (χ4v) is 2.90. The Labute approximate surface area is 191 Å². The standard InChI is InChI=1S/C24H22ClN3O4/c1-2-31-22-13-6-5-12-21(22)27-23(29)24(30)28-26-15-17-8-7-10-19(14-17)32-16-18-9-3-4-11-20(18)25/h3-15H,2,16H2,1H3,(H,27,29)(H,28,30)/b26-15+. The monoisotopic (exact) mass is 451 g/mol. The van der Waals surface area contributed by atoms with Gasteiger partial charge in [0.2, 0.25) is 0 Å². The zero-order valence-corrected chi connectivity index (χ0v) is 18.1. The van der Waals surface area contributed by atoms with E-state index < -0.39 is 11.8 Å². The molecule has 0 heterocycles. The molecule has 0 aliphatic heterocycles. The number of amides is 2. The Morgan fingerprint density at radius 3 is 2.56 bits per heavy atom. The maximum atomic E-state index is 12.1. The molecular weight excluding hydrogens is 430 g/mol. The molecule has 0 aliphatic carbocycles. The van der Waals surface area contributed by atoms with E-state index in [1.165, 1.54) is 6.21 Å². The number of nitrogens with one attached hydrogen (secondary N) is 2. The van der Waals surface area contributed by atoms with Crippen LogP contribution in [0.5, 0.6) is 11.5 Å². The predicted molar refractivity (Wildman–Crippen MR) is 124 cm³/mol. The molecule has 3 aromatic rings. The van der Waals surface area contributed by atoms with Crippen molar-refractivity contribution in [1.29, 1.82) is 0 Å². The minimum Gasteiger partial charge on any atom is -0.492 e. The first-order valence-corrected chi connectivity index (χ1v) is 10.3. The number of para-hydroxylation sites is 2. The molecule has 0 saturated carbocycles. The first-order valence-electron chi connectivity index (χ1n) is 9.89. The Morgan fingerprint density at radius 1 is 0.969 bits per heavy atom. The second kappa shape index (κ2) is 11.5. The number of halogens is 1. The van der Waals surface area contributed by atoms with E-state index in [2.05, 4.69) is 15.8 Å². The Kier molecular flexibility index (Phi) is 8.22. The molecule has 7 nitrogen and oxygen atoms in total. The van der Waals surface area contributed by atoms with Crippen LogP contribution in [0.25, 0.3) is 0 Å². The van der Waals surface area contributed by atoms with Gasteiger partial charge >= 0.3 is 11.8 Å². The van der Waals surface area contributed by atoms with Crippen LogP contribution in [0.4, 0.5) is 5.69 Å². The van der Waals surface area contributed by atoms with Crippen molar-refractivity contribution < 1.29 is 19.1 Å². The van der Waals surface area contributed by atoms with Crippen LogP contribution in [-0.2, 0) is 16.2 Å². The van der Waals surface area contributed by atoms with Crippen molar-refractivity contribution in [2.24, 2.45) is 5.10 Å². The fraction of sp³-hybridized carbons (Fsp3) is 0.125. The van der Waals surface area contributed by atoms with Gasteiger partial charge in [-0.25, -0.2) is 5.43 Å². The minimum atomic E-state index is -0.904. The van der Waals surface area contributed by atoms with E-state index in [1.54, 1.807) is 54.6 Å². The van der Waals surface area contributed by atoms with E-state index >= 15 is 0 Å². The molecule has 3 rings (SSSR count). The first kappa shape index (κ1) is 22.8. The smallest absolute Gasteiger partial charge is 0.329 e. The molecule has 2 amide bonds. The van der Waals surface area contributed by atoms with Crippen molar-refractivity contribution in [3.05, 3.63) is 88.9 Å². The van der Waals surface area contributed by atoms with Gasteiger partial charge in [-0.05, 0) is 42.8 Å². The molecule has 0 spiro atoms. The van der Waals surface area contributed by atoms with Crippen LogP contribution in [0, 0.1) is 0 Å². The number of carbonyl (C=O) groups excluding carboxylic acids is 2. The molecule has 0 unspecified atom stereocenters. The summed E-state index contributed by atoms with van der Waals surface area (Å²) in [6, 6.07) is 21.4. The van der Waals surface area contributed by atoms with E-state index in [9.17, 15) is 9.59 Å². The van der Waals surface area contributed by atoms with Crippen LogP contribution < -0.4 is 20.2 Å². The van der Waals surface area contributed by atoms with Crippen molar-refractivity contribution in [2.75, 3.05) is 11.9 Å². The highest BCUT2D eigenvalue weighted by Gasteiger charge is 2.15. The molecule has 2 N–H and O–H groups in total. The molecule has 3 aromatic carbocycles. The van der Waals surface area contributed by atoms with Crippen molar-refractivity contribution in [1.82, 2.24) is 5.43 Å². The van der Waals surface area contributed by atoms with Gasteiger partial charge in [0.1, 0.15) is 18.1 Å². The maximum absolute atomic E-state index is 12.1. The number of ether oxygens (including phenoxy) is 2. The molecule has 0 fully saturated rings. The summed E-state index contributed by atoms with van der Waals surface area (Å²) < 4.78 is 11.2. The van der Waals surface area contributed by atoms with Crippen LogP contribution >= 0.6 is 11.6 Å². The van der Waals surface area contributed by atoms with Crippen molar-refractivity contribution in [3.63, 3.8) is 0 Å². The number of carbonyl (C=O) groups is 2. The summed E-state index contributed by atoms with van der Waals surface area (Å²) in [5, 5.41) is 6.99. The van der Waals surface area contributed by atoms with Gasteiger partial charge in [-0.3, -0.25) is 9.59 Å². The number of rotatable bonds is 8. The van der Waals surface area contributed by atoms with Crippen LogP contribution in [0.15, 0.2) is 77.9 Å². The van der Waals surface area contributed by atoms with E-state index in [0.717, 1.165) is 5.56 Å². The predicted octanol–water partition coefficient (Wildman–Crippen LogP) is 4.41. The largest absolute Gasteiger partial charge is 0.492 e. The number of anilines is 1. The van der Waals surface area contributed by atoms with Crippen LogP contribution in [0.3, 0.4) is 0 Å². The second-order valence-corrected chi connectivity index (χ2v) is 6.94. The maximum Gasteiger partial charge on any atom is 0.329 e. The van der Waals surface area contributed by atoms with E-state index in [0.29, 0.717) is 41.0 Å². The first-order chi connectivity index (χ1) is 15.6. The van der Waals surface area contributed by atoms with Gasteiger partial charge in [0, 0.05) is 10.6 Å². The van der Waals surface area contributed by atoms with Gasteiger partial charge in [-0.15, -0.1) is 0 Å². The van der Waals surface area contributed by atoms with Gasteiger partial charge in [-0.1, -0.05) is 54.1 Å². The average Bonchev–Trinajstić information content (AvgIpc) is 2.80. The van der Waals surface area contributed by atoms with Gasteiger partial charge in [0.25, 0.3) is 0 Å². The molecule has 0 atom stereocenters. The molecule has 32 heavy (non-hydrogen) atoms. The number of hydrogen-bond acceptors (Lipinski definition) is 5. The topological polar surface area (TPSA) is 89.0 Å². The molecule has 0 saturated heterocycles. The lowest BCUT2D eigenvalue weighted by Crippen LogP contribution is -2.32. The van der Waals surface area contributed by atoms with Gasteiger partial charge < -0.3 is 14.8 Å². The number of nitrogens with zero attached hydrogens (tertiary/aromatic N) is 1. The lowest BCUT2D eigenvalue weighted by molar-refractivity contribution is -0.136. The molecule has 0 radical (unpaired) electrons. The Bertz CT molecular complexity index is 1120. The SMILES string of the molecule is CCOc1ccccc1NC(=O)C(=O)N/N=C/c1cccc(OCc2ccccc2Cl)c1. The molecular formula is C24H22ClN3O4. The summed E-state index contributed by atoms with van der Waals surface area (Å²) >= 11 is 6.14. The number of hydrazone groups is 1. The van der Waals surface area contributed by atoms with Gasteiger partial charge in [0.15, 0.2) is 0 Å². The summed E-state index contributed by atoms with van der Waals surface area (Å²) in [5.74, 6) is -0.663. The lowest BCUT2D eigenvalue weighted by atomic mass is 10.2. The second-order valence-electron chi connectivity index (χ2n) is 6.53. The van der Waals surface area contributed by atoms with Crippen molar-refractivity contribution in [3.8, 4) is 11.5 Å². The highest BCUT2D eigenvalue weighted by Crippen LogP contribution is 2.23. The third-order valence-electron chi connectivity index (χ3n) is 4.23. The fourth-order valence-electron chi connectivity index (χ4n) is 2.71. The Balaban J connectivity index is 1.54. The third-order valence-corrected chi connectivity index (χ3v) is 4.60. The molecule has 0 bridgehead atoms. The van der Waals surface area contributed by atoms with Crippen LogP contribution in [0.2, 0.25) is 5.02 Å². The third kappa shape index (κ3) is 6.58. The van der Waals surface area contributed by atoms with Gasteiger partial charge in [0.05, 0.1) is 18.5 Å². The van der Waals surface area contributed by atoms with Crippen molar-refractivity contribution >= 4 is 35.3 Å². The van der Waals surface area contributed by atoms with E-state index in [-0.39, 0.29) is 0 Å². The normalized spacial score (nSPS) is 10.6. The highest BCUT2D eigenvalue weighted by molar-refractivity contribution is 6.39. The summed E-state index contributed by atoms with van der Waals surface area (Å²) in [6.45, 7) is 2.59. The molecule has 8 heteroatoms. The summed E-state index contributed by atoms with van der Waals surface area (Å²) in [7, 11) is 0. The zero-order valence-electron chi connectivity index (χ0n) is 17.4. The summed E-state index contributed by atoms with van der Waals surface area (Å²) in [6.07, 6.45) is 1.42. The number of benzene rings is 3. The van der Waals surface area contributed by atoms with Crippen LogP contribution in [0.1, 0.15) is 18.1 Å². The molecule has 164 valence electrons. The van der Waals surface area contributed by atoms with E-state index in [1.807, 2.05) is 25.1 Å². The quantitative estimate of drug-likeness (QED) is 0.301. The average molecular weight is 452 g/mol. The van der Waals surface area contributed by atoms with Crippen LogP contribution in [-0.4, -0.2) is 24.6 Å². The summed E-state index contributed by atoms with van der Waals surface area (Å²) in [5.41, 5.74) is 4.17. The lowest BCUT2D eigenvalue weighted by Gasteiger charge is -2.10. The summed E-state index contributed by atoms with van der Waals surface area (Å²) in [4.78, 5) is 24.2. The van der Waals surface area contributed by atoms with E-state index in [4.69, 9.17) is 21.1 Å². The minimum absolute atomic E-state index is 0.320. The molecule has 0 aromatic heterocycles. The highest BCUT2D eigenvalue weighted by atomic mass is 35.5. The zero-order chi connectivity index (χ0) is 22.8. The Morgan fingerprint density at radius 2 is 1.75 bits per heavy atom.